The van der Waals surface area contributed by atoms with E-state index in [9.17, 15) is 9.90 Å². The number of hydrogen-bond donors (Lipinski definition) is 1. The van der Waals surface area contributed by atoms with Crippen LogP contribution in [0.2, 0.25) is 0 Å². The van der Waals surface area contributed by atoms with E-state index in [1.807, 2.05) is 7.11 Å². The molecule has 4 saturated carbocycles. The molecule has 0 heterocycles. The Morgan fingerprint density at radius 3 is 2.70 bits per heavy atom. The number of fused-ring (bicyclic) bond motifs is 5. The number of Topliss-reactive ketones (excluding diaryl/α,β-unsaturated/α-hetero) is 1. The monoisotopic (exact) mass is 320 g/mol. The van der Waals surface area contributed by atoms with E-state index in [4.69, 9.17) is 4.74 Å². The maximum Gasteiger partial charge on any atom is 0.139 e. The summed E-state index contributed by atoms with van der Waals surface area (Å²) in [5, 5.41) is 10.1. The zero-order chi connectivity index (χ0) is 16.4. The summed E-state index contributed by atoms with van der Waals surface area (Å²) in [5.41, 5.74) is 0.148. The first-order valence-corrected chi connectivity index (χ1v) is 9.64. The maximum atomic E-state index is 12.6. The Labute approximate surface area is 140 Å². The predicted molar refractivity (Wildman–Crippen MR) is 88.9 cm³/mol. The molecule has 3 heteroatoms. The second-order valence-electron chi connectivity index (χ2n) is 9.36. The van der Waals surface area contributed by atoms with Crippen molar-refractivity contribution in [1.29, 1.82) is 0 Å². The number of methoxy groups -OCH3 is 1. The van der Waals surface area contributed by atoms with Crippen LogP contribution in [0.1, 0.15) is 65.2 Å². The van der Waals surface area contributed by atoms with Crippen LogP contribution >= 0.6 is 0 Å². The van der Waals surface area contributed by atoms with Crippen molar-refractivity contribution in [3.05, 3.63) is 0 Å². The summed E-state index contributed by atoms with van der Waals surface area (Å²) in [5.74, 6) is 2.89. The highest BCUT2D eigenvalue weighted by atomic mass is 16.5. The Balaban J connectivity index is 1.71. The second kappa shape index (κ2) is 5.29. The van der Waals surface area contributed by atoms with Crippen LogP contribution < -0.4 is 0 Å². The second-order valence-corrected chi connectivity index (χ2v) is 9.36. The SMILES string of the molecule is COC1C[C@]2(C)C(=O)CC[C@H]2[C@@H]2CCC3CC(O)CC[C@]3(C)[C@H]12. The quantitative estimate of drug-likeness (QED) is 0.803. The van der Waals surface area contributed by atoms with E-state index in [1.54, 1.807) is 0 Å². The summed E-state index contributed by atoms with van der Waals surface area (Å²) in [7, 11) is 1.84. The summed E-state index contributed by atoms with van der Waals surface area (Å²) in [4.78, 5) is 12.6. The molecule has 4 aliphatic rings. The van der Waals surface area contributed by atoms with Crippen LogP contribution in [0.15, 0.2) is 0 Å². The molecule has 1 N–H and O–H groups in total. The number of ketones is 1. The molecule has 23 heavy (non-hydrogen) atoms. The molecule has 0 saturated heterocycles. The van der Waals surface area contributed by atoms with Gasteiger partial charge >= 0.3 is 0 Å². The van der Waals surface area contributed by atoms with Gasteiger partial charge in [0.15, 0.2) is 0 Å². The van der Waals surface area contributed by atoms with Crippen molar-refractivity contribution in [2.75, 3.05) is 7.11 Å². The van der Waals surface area contributed by atoms with E-state index in [0.717, 1.165) is 38.5 Å². The highest BCUT2D eigenvalue weighted by molar-refractivity contribution is 5.87. The van der Waals surface area contributed by atoms with E-state index in [-0.39, 0.29) is 23.0 Å². The molecule has 130 valence electrons. The Hall–Kier alpha value is -0.410. The molecule has 0 aromatic rings. The number of hydrogen-bond acceptors (Lipinski definition) is 3. The Bertz CT molecular complexity index is 503. The molecule has 0 radical (unpaired) electrons. The third kappa shape index (κ3) is 2.12. The number of rotatable bonds is 1. The molecule has 8 atom stereocenters. The summed E-state index contributed by atoms with van der Waals surface area (Å²) in [6.07, 6.45) is 8.38. The van der Waals surface area contributed by atoms with Gasteiger partial charge in [-0.1, -0.05) is 13.8 Å². The molecular formula is C20H32O3. The summed E-state index contributed by atoms with van der Waals surface area (Å²) >= 11 is 0. The maximum absolute atomic E-state index is 12.6. The molecule has 4 fully saturated rings. The van der Waals surface area contributed by atoms with E-state index in [2.05, 4.69) is 13.8 Å². The van der Waals surface area contributed by atoms with Gasteiger partial charge in [0.05, 0.1) is 12.2 Å². The van der Waals surface area contributed by atoms with Crippen LogP contribution in [0.5, 0.6) is 0 Å². The van der Waals surface area contributed by atoms with Gasteiger partial charge in [-0.2, -0.15) is 0 Å². The van der Waals surface area contributed by atoms with Gasteiger partial charge in [0.2, 0.25) is 0 Å². The number of aliphatic hydroxyl groups excluding tert-OH is 1. The largest absolute Gasteiger partial charge is 0.393 e. The highest BCUT2D eigenvalue weighted by Gasteiger charge is 2.63. The highest BCUT2D eigenvalue weighted by Crippen LogP contribution is 2.65. The van der Waals surface area contributed by atoms with Crippen LogP contribution in [0.3, 0.4) is 0 Å². The Morgan fingerprint density at radius 2 is 1.96 bits per heavy atom. The van der Waals surface area contributed by atoms with E-state index < -0.39 is 0 Å². The van der Waals surface area contributed by atoms with Crippen LogP contribution in [0.25, 0.3) is 0 Å². The van der Waals surface area contributed by atoms with Gasteiger partial charge in [-0.3, -0.25) is 4.79 Å². The average Bonchev–Trinajstić information content (AvgIpc) is 2.82. The van der Waals surface area contributed by atoms with Crippen LogP contribution in [0.4, 0.5) is 0 Å². The molecule has 4 rings (SSSR count). The lowest BCUT2D eigenvalue weighted by Crippen LogP contribution is -2.59. The topological polar surface area (TPSA) is 46.5 Å². The molecule has 0 spiro atoms. The zero-order valence-corrected chi connectivity index (χ0v) is 14.9. The fourth-order valence-electron chi connectivity index (χ4n) is 7.32. The van der Waals surface area contributed by atoms with Crippen molar-refractivity contribution in [2.45, 2.75) is 77.4 Å². The third-order valence-electron chi connectivity index (χ3n) is 8.56. The standard InChI is InChI=1S/C20H32O3/c1-19-9-8-13(21)10-12(19)4-5-14-15-6-7-17(22)20(15,2)11-16(23-3)18(14)19/h12-16,18,21H,4-11H2,1-3H3/t12?,13?,14-,15-,16?,18-,19-,20-/m0/s1. The lowest BCUT2D eigenvalue weighted by Gasteiger charge is -2.62. The Kier molecular flexibility index (Phi) is 3.70. The molecule has 0 aromatic carbocycles. The van der Waals surface area contributed by atoms with Crippen molar-refractivity contribution < 1.29 is 14.6 Å². The molecule has 3 unspecified atom stereocenters. The minimum Gasteiger partial charge on any atom is -0.393 e. The van der Waals surface area contributed by atoms with E-state index in [1.165, 1.54) is 12.8 Å². The molecule has 0 aliphatic heterocycles. The van der Waals surface area contributed by atoms with Gasteiger partial charge in [0.1, 0.15) is 5.78 Å². The van der Waals surface area contributed by atoms with Crippen molar-refractivity contribution >= 4 is 5.78 Å². The molecule has 0 aromatic heterocycles. The van der Waals surface area contributed by atoms with Gasteiger partial charge in [-0.15, -0.1) is 0 Å². The van der Waals surface area contributed by atoms with Gasteiger partial charge in [-0.05, 0) is 74.0 Å². The van der Waals surface area contributed by atoms with Crippen LogP contribution in [-0.4, -0.2) is 30.2 Å². The van der Waals surface area contributed by atoms with Crippen LogP contribution in [-0.2, 0) is 9.53 Å². The van der Waals surface area contributed by atoms with Crippen molar-refractivity contribution in [3.8, 4) is 0 Å². The van der Waals surface area contributed by atoms with Gasteiger partial charge in [-0.25, -0.2) is 0 Å². The number of carbonyl (C=O) groups excluding carboxylic acids is 1. The first-order valence-electron chi connectivity index (χ1n) is 9.64. The Morgan fingerprint density at radius 1 is 1.17 bits per heavy atom. The third-order valence-corrected chi connectivity index (χ3v) is 8.56. The van der Waals surface area contributed by atoms with Crippen molar-refractivity contribution in [2.24, 2.45) is 34.5 Å². The van der Waals surface area contributed by atoms with Gasteiger partial charge < -0.3 is 9.84 Å². The molecule has 0 amide bonds. The number of aliphatic hydroxyl groups is 1. The molecule has 3 nitrogen and oxygen atoms in total. The summed E-state index contributed by atoms with van der Waals surface area (Å²) < 4.78 is 6.01. The lowest BCUT2D eigenvalue weighted by molar-refractivity contribution is -0.182. The van der Waals surface area contributed by atoms with Crippen molar-refractivity contribution in [1.82, 2.24) is 0 Å². The normalized spacial score (nSPS) is 55.9. The van der Waals surface area contributed by atoms with E-state index >= 15 is 0 Å². The first-order chi connectivity index (χ1) is 10.9. The first kappa shape index (κ1) is 16.1. The fourth-order valence-corrected chi connectivity index (χ4v) is 7.32. The van der Waals surface area contributed by atoms with E-state index in [0.29, 0.717) is 29.5 Å². The minimum atomic E-state index is -0.140. The molecule has 0 bridgehead atoms. The minimum absolute atomic E-state index is 0.104. The van der Waals surface area contributed by atoms with Gasteiger partial charge in [0.25, 0.3) is 0 Å². The molecular weight excluding hydrogens is 288 g/mol. The number of carbonyl (C=O) groups is 1. The summed E-state index contributed by atoms with van der Waals surface area (Å²) in [6, 6.07) is 0. The zero-order valence-electron chi connectivity index (χ0n) is 14.9. The molecule has 4 aliphatic carbocycles. The smallest absolute Gasteiger partial charge is 0.139 e. The lowest BCUT2D eigenvalue weighted by atomic mass is 9.44. The summed E-state index contributed by atoms with van der Waals surface area (Å²) in [6.45, 7) is 4.68. The van der Waals surface area contributed by atoms with Crippen molar-refractivity contribution in [3.63, 3.8) is 0 Å². The van der Waals surface area contributed by atoms with Gasteiger partial charge in [0, 0.05) is 18.9 Å². The predicted octanol–water partition coefficient (Wildman–Crippen LogP) is 3.58. The number of ether oxygens (including phenoxy) is 1. The fraction of sp³-hybridized carbons (Fsp3) is 0.950. The average molecular weight is 320 g/mol. The van der Waals surface area contributed by atoms with Crippen LogP contribution in [0, 0.1) is 34.5 Å².